The maximum atomic E-state index is 13.3. The van der Waals surface area contributed by atoms with E-state index in [1.54, 1.807) is 57.2 Å². The van der Waals surface area contributed by atoms with E-state index in [-0.39, 0.29) is 12.2 Å². The van der Waals surface area contributed by atoms with Gasteiger partial charge in [0.25, 0.3) is 0 Å². The van der Waals surface area contributed by atoms with Crippen LogP contribution in [0.15, 0.2) is 60.7 Å². The lowest BCUT2D eigenvalue weighted by Gasteiger charge is -2.22. The number of aromatic hydroxyl groups is 1. The number of alkyl halides is 3. The minimum atomic E-state index is -4.86. The Kier molecular flexibility index (Phi) is 8.39. The number of rotatable bonds is 8. The number of esters is 1. The second-order valence-corrected chi connectivity index (χ2v) is 9.73. The summed E-state index contributed by atoms with van der Waals surface area (Å²) in [4.78, 5) is 24.1. The highest BCUT2D eigenvalue weighted by Crippen LogP contribution is 2.39. The van der Waals surface area contributed by atoms with Crippen LogP contribution >= 0.6 is 0 Å². The largest absolute Gasteiger partial charge is 0.506 e. The summed E-state index contributed by atoms with van der Waals surface area (Å²) in [6.07, 6.45) is -4.38. The van der Waals surface area contributed by atoms with Crippen LogP contribution in [0, 0.1) is 0 Å². The van der Waals surface area contributed by atoms with Gasteiger partial charge in [-0.05, 0) is 62.1 Å². The van der Waals surface area contributed by atoms with E-state index in [1.165, 1.54) is 0 Å². The van der Waals surface area contributed by atoms with Gasteiger partial charge in [-0.2, -0.15) is 13.2 Å². The predicted molar refractivity (Wildman–Crippen MR) is 135 cm³/mol. The van der Waals surface area contributed by atoms with E-state index in [2.05, 4.69) is 0 Å². The second kappa shape index (κ2) is 11.2. The number of aliphatic carboxylic acids is 1. The number of hydrogen-bond acceptors (Lipinski definition) is 5. The highest BCUT2D eigenvalue weighted by molar-refractivity contribution is 5.95. The fraction of sp³-hybridized carbons (Fsp3) is 0.310. The van der Waals surface area contributed by atoms with Gasteiger partial charge in [-0.3, -0.25) is 4.79 Å². The molecule has 0 aliphatic rings. The smallest absolute Gasteiger partial charge is 0.419 e. The first-order chi connectivity index (χ1) is 17.7. The molecule has 3 aromatic rings. The number of phenolic OH excluding ortho intramolecular Hbond substituents is 1. The van der Waals surface area contributed by atoms with Crippen LogP contribution in [0.1, 0.15) is 67.1 Å². The molecule has 0 radical (unpaired) electrons. The quantitative estimate of drug-likeness (QED) is 0.300. The fourth-order valence-electron chi connectivity index (χ4n) is 3.90. The number of carbonyl (C=O) groups is 2. The number of benzene rings is 3. The van der Waals surface area contributed by atoms with Gasteiger partial charge in [0.2, 0.25) is 0 Å². The lowest BCUT2D eigenvalue weighted by Crippen LogP contribution is -2.25. The van der Waals surface area contributed by atoms with Crippen molar-refractivity contribution in [2.45, 2.75) is 58.4 Å². The molecule has 3 rings (SSSR count). The van der Waals surface area contributed by atoms with Gasteiger partial charge in [-0.15, -0.1) is 0 Å². The first kappa shape index (κ1) is 28.6. The van der Waals surface area contributed by atoms with Crippen molar-refractivity contribution in [3.63, 3.8) is 0 Å². The van der Waals surface area contributed by atoms with Crippen LogP contribution in [0.2, 0.25) is 0 Å². The third-order valence-corrected chi connectivity index (χ3v) is 5.77. The maximum absolute atomic E-state index is 13.3. The number of halogens is 3. The zero-order valence-corrected chi connectivity index (χ0v) is 21.4. The molecule has 0 aliphatic carbocycles. The van der Waals surface area contributed by atoms with Gasteiger partial charge in [0.15, 0.2) is 0 Å². The lowest BCUT2D eigenvalue weighted by atomic mass is 9.94. The van der Waals surface area contributed by atoms with Gasteiger partial charge in [-0.1, -0.05) is 49.4 Å². The molecule has 0 saturated carbocycles. The molecule has 0 fully saturated rings. The van der Waals surface area contributed by atoms with Gasteiger partial charge in [-0.25, -0.2) is 4.79 Å². The van der Waals surface area contributed by atoms with Crippen molar-refractivity contribution in [1.29, 1.82) is 0 Å². The molecule has 6 nitrogen and oxygen atoms in total. The van der Waals surface area contributed by atoms with Crippen molar-refractivity contribution in [2.75, 3.05) is 0 Å². The SMILES string of the molecule is CCC(C(=O)O)c1ccc(-c2ccc(OCc3ccc(C(F)(F)F)c(O)c3C(=O)OC(C)(C)C)cc2)cc1. The molecule has 0 aromatic heterocycles. The topological polar surface area (TPSA) is 93.1 Å². The highest BCUT2D eigenvalue weighted by Gasteiger charge is 2.37. The van der Waals surface area contributed by atoms with Crippen molar-refractivity contribution in [3.8, 4) is 22.6 Å². The molecule has 3 aromatic carbocycles. The van der Waals surface area contributed by atoms with E-state index in [9.17, 15) is 33.0 Å². The minimum absolute atomic E-state index is 0.0355. The van der Waals surface area contributed by atoms with Crippen LogP contribution in [0.25, 0.3) is 11.1 Å². The molecule has 38 heavy (non-hydrogen) atoms. The van der Waals surface area contributed by atoms with E-state index in [1.807, 2.05) is 19.1 Å². The third-order valence-electron chi connectivity index (χ3n) is 5.77. The van der Waals surface area contributed by atoms with E-state index in [0.29, 0.717) is 23.8 Å². The van der Waals surface area contributed by atoms with Crippen molar-refractivity contribution < 1.29 is 42.4 Å². The zero-order valence-electron chi connectivity index (χ0n) is 21.4. The summed E-state index contributed by atoms with van der Waals surface area (Å²) < 4.78 is 50.9. The molecular weight excluding hydrogens is 501 g/mol. The molecule has 0 saturated heterocycles. The summed E-state index contributed by atoms with van der Waals surface area (Å²) in [6.45, 7) is 6.22. The molecule has 9 heteroatoms. The first-order valence-corrected chi connectivity index (χ1v) is 11.9. The van der Waals surface area contributed by atoms with Gasteiger partial charge < -0.3 is 19.7 Å². The highest BCUT2D eigenvalue weighted by atomic mass is 19.4. The van der Waals surface area contributed by atoms with Crippen LogP contribution in [-0.2, 0) is 22.3 Å². The van der Waals surface area contributed by atoms with Crippen molar-refractivity contribution in [1.82, 2.24) is 0 Å². The van der Waals surface area contributed by atoms with Crippen LogP contribution in [0.4, 0.5) is 13.2 Å². The van der Waals surface area contributed by atoms with Crippen LogP contribution in [-0.4, -0.2) is 27.8 Å². The summed E-state index contributed by atoms with van der Waals surface area (Å²) in [5, 5.41) is 19.7. The molecule has 1 unspecified atom stereocenters. The standard InChI is InChI=1S/C29H29F3O6/c1-5-22(26(34)35)19-8-6-17(7-9-19)18-10-13-21(14-11-18)37-16-20-12-15-23(29(30,31)32)25(33)24(20)27(36)38-28(2,3)4/h6-15,22,33H,5,16H2,1-4H3,(H,34,35). The maximum Gasteiger partial charge on any atom is 0.419 e. The Morgan fingerprint density at radius 3 is 1.92 bits per heavy atom. The van der Waals surface area contributed by atoms with E-state index in [4.69, 9.17) is 9.47 Å². The number of hydrogen-bond donors (Lipinski definition) is 2. The van der Waals surface area contributed by atoms with Crippen molar-refractivity contribution >= 4 is 11.9 Å². The van der Waals surface area contributed by atoms with Gasteiger partial charge in [0, 0.05) is 5.56 Å². The number of carbonyl (C=O) groups excluding carboxylic acids is 1. The third kappa shape index (κ3) is 6.85. The molecule has 202 valence electrons. The average Bonchev–Trinajstić information content (AvgIpc) is 2.82. The van der Waals surface area contributed by atoms with Gasteiger partial charge in [0.05, 0.1) is 11.5 Å². The van der Waals surface area contributed by atoms with Gasteiger partial charge >= 0.3 is 18.1 Å². The Balaban J connectivity index is 1.81. The first-order valence-electron chi connectivity index (χ1n) is 11.9. The van der Waals surface area contributed by atoms with E-state index < -0.39 is 46.5 Å². The Labute approximate surface area is 218 Å². The lowest BCUT2D eigenvalue weighted by molar-refractivity contribution is -0.139. The molecule has 0 spiro atoms. The summed E-state index contributed by atoms with van der Waals surface area (Å²) in [7, 11) is 0. The number of ether oxygens (including phenoxy) is 2. The Morgan fingerprint density at radius 2 is 1.45 bits per heavy atom. The van der Waals surface area contributed by atoms with Crippen LogP contribution in [0.3, 0.4) is 0 Å². The Bertz CT molecular complexity index is 1290. The summed E-state index contributed by atoms with van der Waals surface area (Å²) in [6, 6.07) is 15.9. The fourth-order valence-corrected chi connectivity index (χ4v) is 3.90. The second-order valence-electron chi connectivity index (χ2n) is 9.73. The molecule has 1 atom stereocenters. The Morgan fingerprint density at radius 1 is 0.895 bits per heavy atom. The number of phenols is 1. The van der Waals surface area contributed by atoms with Crippen LogP contribution < -0.4 is 4.74 Å². The normalized spacial score (nSPS) is 12.6. The number of carboxylic acid groups (broad SMARTS) is 1. The average molecular weight is 531 g/mol. The van der Waals surface area contributed by atoms with Crippen molar-refractivity contribution in [2.24, 2.45) is 0 Å². The zero-order chi connectivity index (χ0) is 28.3. The molecule has 0 amide bonds. The monoisotopic (exact) mass is 530 g/mol. The molecular formula is C29H29F3O6. The summed E-state index contributed by atoms with van der Waals surface area (Å²) >= 11 is 0. The molecule has 0 aliphatic heterocycles. The minimum Gasteiger partial charge on any atom is -0.506 e. The summed E-state index contributed by atoms with van der Waals surface area (Å²) in [5.41, 5.74) is -0.481. The predicted octanol–water partition coefficient (Wildman–Crippen LogP) is 7.19. The molecule has 0 bridgehead atoms. The molecule has 0 heterocycles. The van der Waals surface area contributed by atoms with Crippen LogP contribution in [0.5, 0.6) is 11.5 Å². The van der Waals surface area contributed by atoms with Gasteiger partial charge in [0.1, 0.15) is 29.3 Å². The Hall–Kier alpha value is -4.01. The van der Waals surface area contributed by atoms with Crippen molar-refractivity contribution in [3.05, 3.63) is 82.9 Å². The number of carboxylic acids is 1. The molecule has 2 N–H and O–H groups in total. The van der Waals surface area contributed by atoms with E-state index in [0.717, 1.165) is 17.2 Å². The summed E-state index contributed by atoms with van der Waals surface area (Å²) in [5.74, 6) is -3.36. The van der Waals surface area contributed by atoms with E-state index >= 15 is 0 Å².